The van der Waals surface area contributed by atoms with E-state index in [-0.39, 0.29) is 63.4 Å². The number of hydrogen-bond donors (Lipinski definition) is 4. The summed E-state index contributed by atoms with van der Waals surface area (Å²) in [6, 6.07) is 12.0. The van der Waals surface area contributed by atoms with Crippen molar-refractivity contribution in [3.8, 4) is 21.8 Å². The summed E-state index contributed by atoms with van der Waals surface area (Å²) < 4.78 is 43.4. The van der Waals surface area contributed by atoms with Crippen LogP contribution in [0, 0.1) is 11.2 Å². The highest BCUT2D eigenvalue weighted by Crippen LogP contribution is 2.49. The van der Waals surface area contributed by atoms with E-state index >= 15 is 4.39 Å². The number of nitrogens with one attached hydrogen (secondary N) is 4. The van der Waals surface area contributed by atoms with Crippen LogP contribution in [0.1, 0.15) is 104 Å². The summed E-state index contributed by atoms with van der Waals surface area (Å²) in [5.74, 6) is -1.08. The first-order valence-electron chi connectivity index (χ1n) is 23.3. The first-order chi connectivity index (χ1) is 32.4. The Morgan fingerprint density at radius 2 is 1.60 bits per heavy atom. The average molecular weight is 971 g/mol. The highest BCUT2D eigenvalue weighted by molar-refractivity contribution is 7.92. The maximum absolute atomic E-state index is 16.0. The van der Waals surface area contributed by atoms with Crippen LogP contribution in [0.4, 0.5) is 16.0 Å². The first-order valence-corrected chi connectivity index (χ1v) is 25.8. The molecule has 3 saturated heterocycles. The molecule has 4 aromatic rings. The van der Waals surface area contributed by atoms with E-state index in [9.17, 15) is 32.4 Å². The Labute approximate surface area is 400 Å². The van der Waals surface area contributed by atoms with Gasteiger partial charge in [-0.05, 0) is 74.9 Å². The van der Waals surface area contributed by atoms with Crippen LogP contribution in [0.3, 0.4) is 0 Å². The summed E-state index contributed by atoms with van der Waals surface area (Å²) in [6.45, 7) is 14.1. The molecule has 68 heavy (non-hydrogen) atoms. The van der Waals surface area contributed by atoms with E-state index in [1.807, 2.05) is 37.8 Å². The summed E-state index contributed by atoms with van der Waals surface area (Å²) in [6.07, 6.45) is 7.23. The minimum atomic E-state index is -3.71. The average Bonchev–Trinajstić information content (AvgIpc) is 3.84. The number of fused-ring (bicyclic) bond motifs is 1. The number of aryl methyl sites for hydroxylation is 1. The Bertz CT molecular complexity index is 2690. The topological polar surface area (TPSA) is 216 Å². The van der Waals surface area contributed by atoms with Gasteiger partial charge in [0.15, 0.2) is 5.82 Å². The number of rotatable bonds is 14. The normalized spacial score (nSPS) is 18.5. The molecular formula is C48H59FN10O7S2. The standard InChI is InChI=1S/C43H52FN9O5S2.C5H7NO2/c1-5-21-60(57,58)50-31-13-7-12-30(35(31)44)36-37(59-40(48-36)42(2,3)4)32-14-15-45-41(47-32)46-28-22-43(23-28)25-53(26-43)33(54)24-52-19-17-51(18-20-52)16-8-10-27-9-6-11-29-34(27)39(56)49-38(29)55;7-4-2-1-3-5(8)6-4/h6-7,9,11-15,28,50H,5,8,10,16-26H2,1-4H3,(H,45,46,47)(H,49,55,56);1-3H2,(H,6,7,8). The van der Waals surface area contributed by atoms with Gasteiger partial charge in [-0.25, -0.2) is 27.8 Å². The van der Waals surface area contributed by atoms with Crippen LogP contribution in [0.5, 0.6) is 0 Å². The van der Waals surface area contributed by atoms with Gasteiger partial charge in [0.05, 0.1) is 50.4 Å². The van der Waals surface area contributed by atoms with Gasteiger partial charge in [0.1, 0.15) is 0 Å². The summed E-state index contributed by atoms with van der Waals surface area (Å²) in [5.41, 5.74) is 2.72. The lowest BCUT2D eigenvalue weighted by Crippen LogP contribution is -2.67. The number of amides is 5. The Morgan fingerprint density at radius 3 is 2.28 bits per heavy atom. The lowest BCUT2D eigenvalue weighted by molar-refractivity contribution is -0.152. The highest BCUT2D eigenvalue weighted by Gasteiger charge is 2.54. The van der Waals surface area contributed by atoms with E-state index in [1.165, 1.54) is 17.4 Å². The van der Waals surface area contributed by atoms with Crippen molar-refractivity contribution in [1.82, 2.24) is 40.3 Å². The molecule has 17 nitrogen and oxygen atoms in total. The molecule has 362 valence electrons. The van der Waals surface area contributed by atoms with E-state index in [1.54, 1.807) is 37.4 Å². The van der Waals surface area contributed by atoms with Crippen molar-refractivity contribution in [2.45, 2.75) is 90.5 Å². The van der Waals surface area contributed by atoms with Gasteiger partial charge in [0.2, 0.25) is 33.7 Å². The molecule has 5 amide bonds. The van der Waals surface area contributed by atoms with Crippen LogP contribution in [-0.4, -0.2) is 132 Å². The lowest BCUT2D eigenvalue weighted by atomic mass is 9.60. The zero-order valence-electron chi connectivity index (χ0n) is 39.0. The number of anilines is 2. The van der Waals surface area contributed by atoms with Crippen molar-refractivity contribution in [1.29, 1.82) is 0 Å². The number of carbonyl (C=O) groups is 5. The molecule has 2 aromatic carbocycles. The summed E-state index contributed by atoms with van der Waals surface area (Å²) in [5, 5.41) is 8.87. The summed E-state index contributed by atoms with van der Waals surface area (Å²) in [7, 11) is -3.71. The minimum Gasteiger partial charge on any atom is -0.351 e. The fourth-order valence-corrected chi connectivity index (χ4v) is 11.7. The van der Waals surface area contributed by atoms with Crippen LogP contribution in [0.25, 0.3) is 21.8 Å². The zero-order valence-corrected chi connectivity index (χ0v) is 40.6. The molecule has 4 aliphatic heterocycles. The number of hydrogen-bond acceptors (Lipinski definition) is 14. The van der Waals surface area contributed by atoms with Crippen LogP contribution in [0.2, 0.25) is 0 Å². The smallest absolute Gasteiger partial charge is 0.259 e. The van der Waals surface area contributed by atoms with Crippen molar-refractivity contribution in [3.63, 3.8) is 0 Å². The van der Waals surface area contributed by atoms with Gasteiger partial charge < -0.3 is 15.1 Å². The number of aromatic nitrogens is 3. The van der Waals surface area contributed by atoms with Gasteiger partial charge in [-0.3, -0.25) is 44.2 Å². The van der Waals surface area contributed by atoms with Gasteiger partial charge in [0, 0.05) is 80.7 Å². The third-order valence-electron chi connectivity index (χ3n) is 12.9. The number of benzene rings is 2. The minimum absolute atomic E-state index is 0.101. The molecule has 5 aliphatic rings. The van der Waals surface area contributed by atoms with Crippen LogP contribution in [-0.2, 0) is 36.2 Å². The molecule has 4 N–H and O–H groups in total. The monoisotopic (exact) mass is 970 g/mol. The molecular weight excluding hydrogens is 912 g/mol. The SMILES string of the molecule is CCCS(=O)(=O)Nc1cccc(-c2nc(C(C)(C)C)sc2-c2ccnc(NC3CC4(C3)CN(C(=O)CN3CCN(CCCc5cccc6c5C(=O)NC6=O)CC3)C4)n2)c1F.O=C1CCCC(=O)N1. The maximum atomic E-state index is 16.0. The Morgan fingerprint density at radius 1 is 0.912 bits per heavy atom. The van der Waals surface area contributed by atoms with Gasteiger partial charge in [0.25, 0.3) is 11.8 Å². The van der Waals surface area contributed by atoms with Crippen molar-refractivity contribution in [3.05, 3.63) is 76.2 Å². The second-order valence-electron chi connectivity index (χ2n) is 19.5. The van der Waals surface area contributed by atoms with Crippen LogP contribution < -0.4 is 20.7 Å². The second kappa shape index (κ2) is 20.1. The van der Waals surface area contributed by atoms with Gasteiger partial charge >= 0.3 is 0 Å². The second-order valence-corrected chi connectivity index (χ2v) is 22.3. The molecule has 1 saturated carbocycles. The number of halogens is 1. The van der Waals surface area contributed by atoms with Gasteiger partial charge in [-0.2, -0.15) is 0 Å². The largest absolute Gasteiger partial charge is 0.351 e. The Hall–Kier alpha value is -5.70. The Kier molecular flexibility index (Phi) is 14.4. The highest BCUT2D eigenvalue weighted by atomic mass is 32.2. The van der Waals surface area contributed by atoms with E-state index in [4.69, 9.17) is 9.97 Å². The van der Waals surface area contributed by atoms with Crippen molar-refractivity contribution >= 4 is 62.5 Å². The predicted octanol–water partition coefficient (Wildman–Crippen LogP) is 5.21. The lowest BCUT2D eigenvalue weighted by Gasteiger charge is -2.59. The quantitative estimate of drug-likeness (QED) is 0.120. The molecule has 4 fully saturated rings. The van der Waals surface area contributed by atoms with Gasteiger partial charge in [-0.1, -0.05) is 45.9 Å². The molecule has 9 rings (SSSR count). The summed E-state index contributed by atoms with van der Waals surface area (Å²) in [4.78, 5) is 79.7. The third-order valence-corrected chi connectivity index (χ3v) is 15.9. The number of thiazole rings is 1. The van der Waals surface area contributed by atoms with Gasteiger partial charge in [-0.15, -0.1) is 11.3 Å². The van der Waals surface area contributed by atoms with E-state index in [0.29, 0.717) is 65.6 Å². The molecule has 0 radical (unpaired) electrons. The number of imide groups is 2. The van der Waals surface area contributed by atoms with E-state index in [2.05, 4.69) is 35.5 Å². The van der Waals surface area contributed by atoms with E-state index < -0.39 is 15.8 Å². The third kappa shape index (κ3) is 11.2. The fraction of sp³-hybridized carbons (Fsp3) is 0.500. The number of piperidine rings is 1. The number of piperazine rings is 1. The van der Waals surface area contributed by atoms with Crippen molar-refractivity contribution in [2.75, 3.05) is 68.1 Å². The molecule has 6 heterocycles. The summed E-state index contributed by atoms with van der Waals surface area (Å²) >= 11 is 1.43. The molecule has 1 aliphatic carbocycles. The predicted molar refractivity (Wildman–Crippen MR) is 257 cm³/mol. The van der Waals surface area contributed by atoms with Crippen LogP contribution >= 0.6 is 11.3 Å². The molecule has 0 bridgehead atoms. The zero-order chi connectivity index (χ0) is 48.4. The number of carbonyl (C=O) groups excluding carboxylic acids is 5. The number of nitrogens with zero attached hydrogens (tertiary/aromatic N) is 6. The number of sulfonamides is 1. The molecule has 2 aromatic heterocycles. The molecule has 1 spiro atoms. The van der Waals surface area contributed by atoms with Crippen molar-refractivity contribution < 1.29 is 36.8 Å². The molecule has 0 atom stereocenters. The van der Waals surface area contributed by atoms with Crippen LogP contribution in [0.15, 0.2) is 48.7 Å². The molecule has 0 unspecified atom stereocenters. The van der Waals surface area contributed by atoms with E-state index in [0.717, 1.165) is 82.1 Å². The fourth-order valence-electron chi connectivity index (χ4n) is 9.45. The number of likely N-dealkylation sites (tertiary alicyclic amines) is 1. The van der Waals surface area contributed by atoms with Crippen molar-refractivity contribution in [2.24, 2.45) is 5.41 Å². The molecule has 20 heteroatoms. The first kappa shape index (κ1) is 48.7. The Balaban J connectivity index is 0.000000709. The maximum Gasteiger partial charge on any atom is 0.259 e.